The summed E-state index contributed by atoms with van der Waals surface area (Å²) >= 11 is 0. The molecule has 0 spiro atoms. The van der Waals surface area contributed by atoms with E-state index < -0.39 is 18.0 Å². The van der Waals surface area contributed by atoms with E-state index in [1.54, 1.807) is 7.05 Å². The van der Waals surface area contributed by atoms with E-state index in [2.05, 4.69) is 5.32 Å². The summed E-state index contributed by atoms with van der Waals surface area (Å²) in [5.41, 5.74) is 0. The minimum absolute atomic E-state index is 0. The second-order valence-corrected chi connectivity index (χ2v) is 5.63. The van der Waals surface area contributed by atoms with Crippen LogP contribution < -0.4 is 5.32 Å². The summed E-state index contributed by atoms with van der Waals surface area (Å²) in [6.07, 6.45) is -1.67. The fourth-order valence-electron chi connectivity index (χ4n) is 3.23. The lowest BCUT2D eigenvalue weighted by molar-refractivity contribution is -0.201. The van der Waals surface area contributed by atoms with Gasteiger partial charge in [-0.25, -0.2) is 0 Å². The maximum atomic E-state index is 13.0. The highest BCUT2D eigenvalue weighted by Crippen LogP contribution is 2.42. The highest BCUT2D eigenvalue weighted by Gasteiger charge is 2.49. The Morgan fingerprint density at radius 1 is 1.20 bits per heavy atom. The molecule has 0 aromatic rings. The number of likely N-dealkylation sites (N-methyl/N-ethyl adjacent to an activating group) is 1. The Balaban J connectivity index is 0.00000200. The second-order valence-electron chi connectivity index (χ2n) is 5.63. The first kappa shape index (κ1) is 17.6. The summed E-state index contributed by atoms with van der Waals surface area (Å²) in [5, 5.41) is 3.14. The standard InChI is InChI=1S/C13H21F3N2O.ClH/c1-18(9-6-7-17-8-9)12(19)10-4-2-3-5-11(10)13(14,15)16;/h9-11,17H,2-8H2,1H3;1H. The van der Waals surface area contributed by atoms with Crippen molar-refractivity contribution in [2.24, 2.45) is 11.8 Å². The average Bonchev–Trinajstić information content (AvgIpc) is 2.90. The largest absolute Gasteiger partial charge is 0.392 e. The lowest BCUT2D eigenvalue weighted by Gasteiger charge is -2.36. The molecule has 0 aromatic heterocycles. The number of hydrogen-bond donors (Lipinski definition) is 1. The lowest BCUT2D eigenvalue weighted by Crippen LogP contribution is -2.47. The zero-order chi connectivity index (χ0) is 14.0. The maximum absolute atomic E-state index is 13.0. The molecule has 1 heterocycles. The Labute approximate surface area is 123 Å². The third-order valence-electron chi connectivity index (χ3n) is 4.43. The summed E-state index contributed by atoms with van der Waals surface area (Å²) in [4.78, 5) is 13.9. The van der Waals surface area contributed by atoms with Crippen molar-refractivity contribution < 1.29 is 18.0 Å². The topological polar surface area (TPSA) is 32.3 Å². The number of amides is 1. The van der Waals surface area contributed by atoms with Gasteiger partial charge in [0.1, 0.15) is 0 Å². The number of nitrogens with zero attached hydrogens (tertiary/aromatic N) is 1. The highest BCUT2D eigenvalue weighted by molar-refractivity contribution is 5.85. The van der Waals surface area contributed by atoms with Crippen LogP contribution in [-0.2, 0) is 4.79 Å². The Morgan fingerprint density at radius 3 is 2.40 bits per heavy atom. The van der Waals surface area contributed by atoms with E-state index in [0.29, 0.717) is 19.4 Å². The summed E-state index contributed by atoms with van der Waals surface area (Å²) < 4.78 is 39.0. The molecule has 118 valence electrons. The van der Waals surface area contributed by atoms with Gasteiger partial charge in [0.2, 0.25) is 5.91 Å². The minimum atomic E-state index is -4.25. The van der Waals surface area contributed by atoms with Gasteiger partial charge in [0.25, 0.3) is 0 Å². The van der Waals surface area contributed by atoms with Gasteiger partial charge in [-0.3, -0.25) is 4.79 Å². The second kappa shape index (κ2) is 6.98. The van der Waals surface area contributed by atoms with E-state index in [4.69, 9.17) is 0 Å². The van der Waals surface area contributed by atoms with Crippen LogP contribution >= 0.6 is 12.4 Å². The third kappa shape index (κ3) is 3.79. The number of nitrogens with one attached hydrogen (secondary N) is 1. The van der Waals surface area contributed by atoms with E-state index >= 15 is 0 Å². The fourth-order valence-corrected chi connectivity index (χ4v) is 3.23. The summed E-state index contributed by atoms with van der Waals surface area (Å²) in [6.45, 7) is 1.52. The number of rotatable bonds is 2. The highest BCUT2D eigenvalue weighted by atomic mass is 35.5. The van der Waals surface area contributed by atoms with Crippen LogP contribution in [0.25, 0.3) is 0 Å². The van der Waals surface area contributed by atoms with Crippen LogP contribution in [0.4, 0.5) is 13.2 Å². The Morgan fingerprint density at radius 2 is 1.85 bits per heavy atom. The first-order valence-electron chi connectivity index (χ1n) is 6.95. The summed E-state index contributed by atoms with van der Waals surface area (Å²) in [6, 6.07) is 0.0447. The van der Waals surface area contributed by atoms with Crippen LogP contribution in [0.1, 0.15) is 32.1 Å². The van der Waals surface area contributed by atoms with Crippen molar-refractivity contribution >= 4 is 18.3 Å². The lowest BCUT2D eigenvalue weighted by atomic mass is 9.78. The molecule has 1 saturated carbocycles. The van der Waals surface area contributed by atoms with Gasteiger partial charge in [0.15, 0.2) is 0 Å². The molecule has 1 aliphatic carbocycles. The Bertz CT molecular complexity index is 332. The van der Waals surface area contributed by atoms with Crippen molar-refractivity contribution in [3.63, 3.8) is 0 Å². The normalized spacial score (nSPS) is 30.7. The van der Waals surface area contributed by atoms with Crippen molar-refractivity contribution in [1.82, 2.24) is 10.2 Å². The molecular formula is C13H22ClF3N2O. The van der Waals surface area contributed by atoms with Gasteiger partial charge < -0.3 is 10.2 Å². The molecule has 3 atom stereocenters. The van der Waals surface area contributed by atoms with Crippen LogP contribution in [0, 0.1) is 11.8 Å². The monoisotopic (exact) mass is 314 g/mol. The third-order valence-corrected chi connectivity index (χ3v) is 4.43. The summed E-state index contributed by atoms with van der Waals surface area (Å²) in [7, 11) is 1.64. The van der Waals surface area contributed by atoms with E-state index in [9.17, 15) is 18.0 Å². The number of carbonyl (C=O) groups excluding carboxylic acids is 1. The van der Waals surface area contributed by atoms with E-state index in [1.807, 2.05) is 0 Å². The zero-order valence-corrected chi connectivity index (χ0v) is 12.4. The fraction of sp³-hybridized carbons (Fsp3) is 0.923. The Kier molecular flexibility index (Phi) is 6.13. The number of carbonyl (C=O) groups is 1. The van der Waals surface area contributed by atoms with Crippen molar-refractivity contribution in [3.05, 3.63) is 0 Å². The molecule has 1 aliphatic heterocycles. The van der Waals surface area contributed by atoms with Crippen molar-refractivity contribution in [1.29, 1.82) is 0 Å². The molecule has 20 heavy (non-hydrogen) atoms. The Hall–Kier alpha value is -0.490. The smallest absolute Gasteiger partial charge is 0.341 e. The van der Waals surface area contributed by atoms with Crippen molar-refractivity contribution in [3.8, 4) is 0 Å². The minimum Gasteiger partial charge on any atom is -0.341 e. The SMILES string of the molecule is CN(C(=O)C1CCCCC1C(F)(F)F)C1CCNC1.Cl. The van der Waals surface area contributed by atoms with Crippen molar-refractivity contribution in [2.75, 3.05) is 20.1 Å². The van der Waals surface area contributed by atoms with Crippen LogP contribution in [0.3, 0.4) is 0 Å². The molecule has 7 heteroatoms. The first-order chi connectivity index (χ1) is 8.91. The van der Waals surface area contributed by atoms with E-state index in [-0.39, 0.29) is 30.8 Å². The predicted octanol–water partition coefficient (Wildman–Crippen LogP) is 2.60. The molecule has 3 unspecified atom stereocenters. The van der Waals surface area contributed by atoms with Gasteiger partial charge in [0.05, 0.1) is 5.92 Å². The van der Waals surface area contributed by atoms with Gasteiger partial charge >= 0.3 is 6.18 Å². The molecular weight excluding hydrogens is 293 g/mol. The van der Waals surface area contributed by atoms with Crippen LogP contribution in [0.2, 0.25) is 0 Å². The molecule has 0 radical (unpaired) electrons. The van der Waals surface area contributed by atoms with E-state index in [0.717, 1.165) is 19.4 Å². The number of halogens is 4. The van der Waals surface area contributed by atoms with Gasteiger partial charge in [-0.2, -0.15) is 13.2 Å². The average molecular weight is 315 g/mol. The summed E-state index contributed by atoms with van der Waals surface area (Å²) in [5.74, 6) is -2.65. The van der Waals surface area contributed by atoms with Gasteiger partial charge in [-0.05, 0) is 25.8 Å². The molecule has 2 fully saturated rings. The number of hydrogen-bond acceptors (Lipinski definition) is 2. The van der Waals surface area contributed by atoms with Crippen molar-refractivity contribution in [2.45, 2.75) is 44.3 Å². The molecule has 0 bridgehead atoms. The van der Waals surface area contributed by atoms with Gasteiger partial charge in [-0.1, -0.05) is 12.8 Å². The molecule has 1 saturated heterocycles. The van der Waals surface area contributed by atoms with Crippen LogP contribution in [0.15, 0.2) is 0 Å². The van der Waals surface area contributed by atoms with Crippen LogP contribution in [0.5, 0.6) is 0 Å². The molecule has 2 aliphatic rings. The van der Waals surface area contributed by atoms with Gasteiger partial charge in [0, 0.05) is 25.6 Å². The quantitative estimate of drug-likeness (QED) is 0.849. The molecule has 1 N–H and O–H groups in total. The predicted molar refractivity (Wildman–Crippen MR) is 72.8 cm³/mol. The first-order valence-corrected chi connectivity index (χ1v) is 6.95. The van der Waals surface area contributed by atoms with E-state index in [1.165, 1.54) is 4.90 Å². The maximum Gasteiger partial charge on any atom is 0.392 e. The number of alkyl halides is 3. The zero-order valence-electron chi connectivity index (χ0n) is 11.6. The molecule has 3 nitrogen and oxygen atoms in total. The van der Waals surface area contributed by atoms with Gasteiger partial charge in [-0.15, -0.1) is 12.4 Å². The molecule has 1 amide bonds. The van der Waals surface area contributed by atoms with Crippen LogP contribution in [-0.4, -0.2) is 43.2 Å². The molecule has 2 rings (SSSR count). The molecule has 0 aromatic carbocycles.